The molecular weight excluding hydrogens is 316 g/mol. The van der Waals surface area contributed by atoms with Gasteiger partial charge >= 0.3 is 0 Å². The van der Waals surface area contributed by atoms with Crippen molar-refractivity contribution in [1.29, 1.82) is 0 Å². The highest BCUT2D eigenvalue weighted by Crippen LogP contribution is 2.19. The van der Waals surface area contributed by atoms with Crippen LogP contribution in [-0.2, 0) is 0 Å². The van der Waals surface area contributed by atoms with Gasteiger partial charge in [0.1, 0.15) is 0 Å². The van der Waals surface area contributed by atoms with Crippen LogP contribution in [0.3, 0.4) is 0 Å². The molecule has 0 aliphatic heterocycles. The summed E-state index contributed by atoms with van der Waals surface area (Å²) in [5.74, 6) is -0.0199. The number of carbonyl (C=O) groups excluding carboxylic acids is 1. The van der Waals surface area contributed by atoms with E-state index in [2.05, 4.69) is 40.4 Å². The van der Waals surface area contributed by atoms with Crippen molar-refractivity contribution in [3.63, 3.8) is 0 Å². The summed E-state index contributed by atoms with van der Waals surface area (Å²) >= 11 is 3.43. The first-order chi connectivity index (χ1) is 8.06. The maximum absolute atomic E-state index is 12.0. The molecule has 1 rings (SSSR count). The molecule has 1 amide bonds. The van der Waals surface area contributed by atoms with Gasteiger partial charge in [0, 0.05) is 22.6 Å². The summed E-state index contributed by atoms with van der Waals surface area (Å²) < 4.78 is 0.963. The second-order valence-electron chi connectivity index (χ2n) is 4.08. The molecule has 0 saturated heterocycles. The van der Waals surface area contributed by atoms with E-state index in [1.807, 2.05) is 25.1 Å². The normalized spacial score (nSPS) is 11.6. The number of nitrogens with one attached hydrogen (secondary N) is 2. The third-order valence-electron chi connectivity index (χ3n) is 2.63. The maximum Gasteiger partial charge on any atom is 0.251 e. The molecule has 0 saturated carbocycles. The van der Waals surface area contributed by atoms with Crippen molar-refractivity contribution < 1.29 is 4.79 Å². The standard InChI is InChI=1S/C13H19BrN2O.ClH/c1-4-15-9(2)8-16-13(17)11-6-5-7-12(14)10(11)3;/h5-7,9,15H,4,8H2,1-3H3,(H,16,17);1H/t9-;/m1./s1. The minimum absolute atomic E-state index is 0. The lowest BCUT2D eigenvalue weighted by Gasteiger charge is -2.14. The fraction of sp³-hybridized carbons (Fsp3) is 0.462. The van der Waals surface area contributed by atoms with Crippen LogP contribution in [0.5, 0.6) is 0 Å². The van der Waals surface area contributed by atoms with Crippen molar-refractivity contribution in [3.8, 4) is 0 Å². The Morgan fingerprint density at radius 2 is 2.11 bits per heavy atom. The molecule has 5 heteroatoms. The van der Waals surface area contributed by atoms with Crippen LogP contribution in [0, 0.1) is 6.92 Å². The molecule has 1 aromatic carbocycles. The van der Waals surface area contributed by atoms with Gasteiger partial charge in [-0.15, -0.1) is 12.4 Å². The Hall–Kier alpha value is -0.580. The van der Waals surface area contributed by atoms with Crippen LogP contribution in [0.4, 0.5) is 0 Å². The highest BCUT2D eigenvalue weighted by molar-refractivity contribution is 9.10. The number of hydrogen-bond acceptors (Lipinski definition) is 2. The summed E-state index contributed by atoms with van der Waals surface area (Å²) in [6, 6.07) is 5.94. The molecule has 0 radical (unpaired) electrons. The van der Waals surface area contributed by atoms with E-state index < -0.39 is 0 Å². The molecule has 0 fully saturated rings. The molecule has 1 aromatic rings. The highest BCUT2D eigenvalue weighted by Gasteiger charge is 2.11. The summed E-state index contributed by atoms with van der Waals surface area (Å²) in [4.78, 5) is 12.0. The van der Waals surface area contributed by atoms with Crippen molar-refractivity contribution in [2.24, 2.45) is 0 Å². The summed E-state index contributed by atoms with van der Waals surface area (Å²) in [5, 5.41) is 6.18. The van der Waals surface area contributed by atoms with Gasteiger partial charge in [-0.1, -0.05) is 28.9 Å². The van der Waals surface area contributed by atoms with Crippen molar-refractivity contribution in [1.82, 2.24) is 10.6 Å². The summed E-state index contributed by atoms with van der Waals surface area (Å²) in [7, 11) is 0. The maximum atomic E-state index is 12.0. The van der Waals surface area contributed by atoms with Crippen molar-refractivity contribution in [2.45, 2.75) is 26.8 Å². The van der Waals surface area contributed by atoms with Crippen LogP contribution in [0.15, 0.2) is 22.7 Å². The Morgan fingerprint density at radius 1 is 1.44 bits per heavy atom. The summed E-state index contributed by atoms with van der Waals surface area (Å²) in [6.45, 7) is 7.59. The first-order valence-corrected chi connectivity index (χ1v) is 6.62. The van der Waals surface area contributed by atoms with E-state index in [1.165, 1.54) is 0 Å². The van der Waals surface area contributed by atoms with Crippen LogP contribution in [0.2, 0.25) is 0 Å². The SMILES string of the molecule is CCN[C@H](C)CNC(=O)c1cccc(Br)c1C.Cl. The average Bonchev–Trinajstić information content (AvgIpc) is 2.30. The zero-order chi connectivity index (χ0) is 12.8. The monoisotopic (exact) mass is 334 g/mol. The highest BCUT2D eigenvalue weighted by atomic mass is 79.9. The first kappa shape index (κ1) is 17.4. The molecule has 0 spiro atoms. The van der Waals surface area contributed by atoms with Gasteiger partial charge in [0.05, 0.1) is 0 Å². The molecule has 0 unspecified atom stereocenters. The van der Waals surface area contributed by atoms with Gasteiger partial charge in [0.15, 0.2) is 0 Å². The predicted octanol–water partition coefficient (Wildman–Crippen LogP) is 2.91. The number of benzene rings is 1. The van der Waals surface area contributed by atoms with Gasteiger partial charge in [0.2, 0.25) is 0 Å². The second-order valence-corrected chi connectivity index (χ2v) is 4.94. The van der Waals surface area contributed by atoms with Gasteiger partial charge in [-0.3, -0.25) is 4.79 Å². The van der Waals surface area contributed by atoms with Crippen LogP contribution in [0.25, 0.3) is 0 Å². The van der Waals surface area contributed by atoms with Crippen molar-refractivity contribution in [3.05, 3.63) is 33.8 Å². The van der Waals surface area contributed by atoms with E-state index in [0.717, 1.165) is 22.1 Å². The quantitative estimate of drug-likeness (QED) is 0.868. The van der Waals surface area contributed by atoms with Gasteiger partial charge in [-0.25, -0.2) is 0 Å². The molecule has 0 aromatic heterocycles. The van der Waals surface area contributed by atoms with Gasteiger partial charge in [-0.2, -0.15) is 0 Å². The Morgan fingerprint density at radius 3 is 2.72 bits per heavy atom. The van der Waals surface area contributed by atoms with E-state index in [9.17, 15) is 4.79 Å². The van der Waals surface area contributed by atoms with Gasteiger partial charge < -0.3 is 10.6 Å². The lowest BCUT2D eigenvalue weighted by molar-refractivity contribution is 0.0949. The van der Waals surface area contributed by atoms with Crippen LogP contribution in [0.1, 0.15) is 29.8 Å². The second kappa shape index (κ2) is 8.51. The summed E-state index contributed by atoms with van der Waals surface area (Å²) in [6.07, 6.45) is 0. The number of amides is 1. The van der Waals surface area contributed by atoms with Gasteiger partial charge in [0.25, 0.3) is 5.91 Å². The van der Waals surface area contributed by atoms with E-state index in [0.29, 0.717) is 6.54 Å². The van der Waals surface area contributed by atoms with Crippen LogP contribution in [-0.4, -0.2) is 25.0 Å². The lowest BCUT2D eigenvalue weighted by atomic mass is 10.1. The molecule has 0 aliphatic carbocycles. The Bertz CT molecular complexity index is 399. The van der Waals surface area contributed by atoms with E-state index in [1.54, 1.807) is 0 Å². The molecule has 2 N–H and O–H groups in total. The third-order valence-corrected chi connectivity index (χ3v) is 3.49. The van der Waals surface area contributed by atoms with Crippen LogP contribution < -0.4 is 10.6 Å². The number of rotatable bonds is 5. The zero-order valence-corrected chi connectivity index (χ0v) is 13.3. The van der Waals surface area contributed by atoms with Crippen LogP contribution >= 0.6 is 28.3 Å². The third kappa shape index (κ3) is 4.96. The average molecular weight is 336 g/mol. The molecule has 1 atom stereocenters. The molecule has 102 valence electrons. The van der Waals surface area contributed by atoms with Crippen molar-refractivity contribution in [2.75, 3.05) is 13.1 Å². The zero-order valence-electron chi connectivity index (χ0n) is 10.9. The number of hydrogen-bond donors (Lipinski definition) is 2. The molecule has 0 heterocycles. The number of carbonyl (C=O) groups is 1. The number of likely N-dealkylation sites (N-methyl/N-ethyl adjacent to an activating group) is 1. The fourth-order valence-corrected chi connectivity index (χ4v) is 1.98. The minimum atomic E-state index is -0.0199. The van der Waals surface area contributed by atoms with E-state index in [-0.39, 0.29) is 24.4 Å². The minimum Gasteiger partial charge on any atom is -0.350 e. The topological polar surface area (TPSA) is 41.1 Å². The fourth-order valence-electron chi connectivity index (χ4n) is 1.62. The Balaban J connectivity index is 0.00000289. The number of halogens is 2. The predicted molar refractivity (Wildman–Crippen MR) is 81.6 cm³/mol. The Kier molecular flexibility index (Phi) is 8.24. The smallest absolute Gasteiger partial charge is 0.251 e. The molecular formula is C13H20BrClN2O. The van der Waals surface area contributed by atoms with Gasteiger partial charge in [-0.05, 0) is 38.1 Å². The molecule has 0 bridgehead atoms. The largest absolute Gasteiger partial charge is 0.350 e. The first-order valence-electron chi connectivity index (χ1n) is 5.83. The summed E-state index contributed by atoms with van der Waals surface area (Å²) in [5.41, 5.74) is 1.70. The molecule has 18 heavy (non-hydrogen) atoms. The van der Waals surface area contributed by atoms with E-state index in [4.69, 9.17) is 0 Å². The molecule has 0 aliphatic rings. The Labute approximate surface area is 123 Å². The van der Waals surface area contributed by atoms with Crippen molar-refractivity contribution >= 4 is 34.2 Å². The lowest BCUT2D eigenvalue weighted by Crippen LogP contribution is -2.39. The van der Waals surface area contributed by atoms with E-state index >= 15 is 0 Å². The molecule has 3 nitrogen and oxygen atoms in total.